The van der Waals surface area contributed by atoms with Crippen LogP contribution in [-0.2, 0) is 4.74 Å². The summed E-state index contributed by atoms with van der Waals surface area (Å²) < 4.78 is 19.4. The fourth-order valence-electron chi connectivity index (χ4n) is 3.06. The molecule has 1 N–H and O–H groups in total. The van der Waals surface area contributed by atoms with Crippen molar-refractivity contribution < 1.29 is 9.13 Å². The smallest absolute Gasteiger partial charge is 0.163 e. The second-order valence-electron chi connectivity index (χ2n) is 5.88. The van der Waals surface area contributed by atoms with E-state index in [1.807, 2.05) is 6.07 Å². The molecule has 1 aliphatic heterocycles. The molecule has 1 aliphatic rings. The van der Waals surface area contributed by atoms with Crippen molar-refractivity contribution in [3.05, 3.63) is 41.4 Å². The first-order chi connectivity index (χ1) is 11.6. The van der Waals surface area contributed by atoms with E-state index in [0.29, 0.717) is 35.3 Å². The highest BCUT2D eigenvalue weighted by molar-refractivity contribution is 6.29. The maximum atomic E-state index is 13.9. The Labute approximate surface area is 143 Å². The molecule has 4 rings (SSSR count). The molecule has 0 unspecified atom stereocenters. The molecule has 3 aromatic rings. The third-order valence-electron chi connectivity index (χ3n) is 4.22. The van der Waals surface area contributed by atoms with E-state index in [0.717, 1.165) is 17.7 Å². The molecule has 1 atom stereocenters. The van der Waals surface area contributed by atoms with Crippen molar-refractivity contribution in [2.24, 2.45) is 0 Å². The summed E-state index contributed by atoms with van der Waals surface area (Å²) >= 11 is 6.22. The van der Waals surface area contributed by atoms with Gasteiger partial charge in [-0.25, -0.2) is 14.4 Å². The lowest BCUT2D eigenvalue weighted by molar-refractivity contribution is 0.0985. The molecule has 1 saturated heterocycles. The topological polar surface area (TPSA) is 54.0 Å². The van der Waals surface area contributed by atoms with Crippen LogP contribution >= 0.6 is 11.6 Å². The summed E-state index contributed by atoms with van der Waals surface area (Å²) in [7, 11) is 0. The Kier molecular flexibility index (Phi) is 3.86. The van der Waals surface area contributed by atoms with Crippen LogP contribution in [0.2, 0.25) is 5.15 Å². The van der Waals surface area contributed by atoms with Gasteiger partial charge in [0.25, 0.3) is 0 Å². The highest BCUT2D eigenvalue weighted by Gasteiger charge is 2.22. The van der Waals surface area contributed by atoms with E-state index in [9.17, 15) is 4.39 Å². The zero-order chi connectivity index (χ0) is 16.7. The van der Waals surface area contributed by atoms with Crippen molar-refractivity contribution in [3.63, 3.8) is 0 Å². The Hall–Kier alpha value is -2.18. The maximum absolute atomic E-state index is 13.9. The number of aromatic amines is 1. The summed E-state index contributed by atoms with van der Waals surface area (Å²) in [6, 6.07) is 6.70. The zero-order valence-electron chi connectivity index (χ0n) is 13.1. The number of fused-ring (bicyclic) bond motifs is 1. The van der Waals surface area contributed by atoms with Crippen LogP contribution < -0.4 is 4.90 Å². The second-order valence-corrected chi connectivity index (χ2v) is 6.27. The first-order valence-corrected chi connectivity index (χ1v) is 8.15. The SMILES string of the molecule is C[C@@H]1COCCN1c1cc(Cl)nc(-c2cc(F)cc3[nH]ccc23)n1. The number of hydrogen-bond acceptors (Lipinski definition) is 4. The normalized spacial score (nSPS) is 18.3. The van der Waals surface area contributed by atoms with Gasteiger partial charge in [-0.15, -0.1) is 0 Å². The van der Waals surface area contributed by atoms with Gasteiger partial charge in [-0.1, -0.05) is 11.6 Å². The summed E-state index contributed by atoms with van der Waals surface area (Å²) in [4.78, 5) is 14.1. The van der Waals surface area contributed by atoms with Gasteiger partial charge in [-0.05, 0) is 25.1 Å². The van der Waals surface area contributed by atoms with E-state index in [1.165, 1.54) is 12.1 Å². The Balaban J connectivity index is 1.85. The Morgan fingerprint density at radius 1 is 1.33 bits per heavy atom. The minimum atomic E-state index is -0.343. The van der Waals surface area contributed by atoms with E-state index in [4.69, 9.17) is 16.3 Å². The fourth-order valence-corrected chi connectivity index (χ4v) is 3.24. The third-order valence-corrected chi connectivity index (χ3v) is 4.41. The molecule has 0 spiro atoms. The standard InChI is InChI=1S/C17H16ClFN4O/c1-10-9-24-5-4-23(10)16-8-15(18)21-17(22-16)13-6-11(19)7-14-12(13)2-3-20-14/h2-3,6-8,10,20H,4-5,9H2,1H3/t10-/m1/s1. The summed E-state index contributed by atoms with van der Waals surface area (Å²) in [5.74, 6) is 0.804. The monoisotopic (exact) mass is 346 g/mol. The van der Waals surface area contributed by atoms with Crippen LogP contribution in [0.5, 0.6) is 0 Å². The molecule has 5 nitrogen and oxygen atoms in total. The van der Waals surface area contributed by atoms with E-state index in [1.54, 1.807) is 12.3 Å². The first-order valence-electron chi connectivity index (χ1n) is 7.78. The fraction of sp³-hybridized carbons (Fsp3) is 0.294. The molecule has 0 aliphatic carbocycles. The van der Waals surface area contributed by atoms with Crippen molar-refractivity contribution in [2.45, 2.75) is 13.0 Å². The predicted octanol–water partition coefficient (Wildman–Crippen LogP) is 3.64. The van der Waals surface area contributed by atoms with Crippen LogP contribution in [0.1, 0.15) is 6.92 Å². The lowest BCUT2D eigenvalue weighted by Crippen LogP contribution is -2.44. The van der Waals surface area contributed by atoms with Crippen molar-refractivity contribution in [1.29, 1.82) is 0 Å². The summed E-state index contributed by atoms with van der Waals surface area (Å²) in [6.45, 7) is 4.08. The van der Waals surface area contributed by atoms with Crippen LogP contribution in [0.4, 0.5) is 10.2 Å². The number of benzene rings is 1. The molecule has 124 valence electrons. The molecule has 7 heteroatoms. The van der Waals surface area contributed by atoms with Crippen molar-refractivity contribution in [1.82, 2.24) is 15.0 Å². The van der Waals surface area contributed by atoms with Gasteiger partial charge < -0.3 is 14.6 Å². The molecule has 24 heavy (non-hydrogen) atoms. The largest absolute Gasteiger partial charge is 0.377 e. The Morgan fingerprint density at radius 3 is 3.04 bits per heavy atom. The number of hydrogen-bond donors (Lipinski definition) is 1. The number of rotatable bonds is 2. The number of aromatic nitrogens is 3. The highest BCUT2D eigenvalue weighted by atomic mass is 35.5. The summed E-state index contributed by atoms with van der Waals surface area (Å²) in [5, 5.41) is 1.20. The highest BCUT2D eigenvalue weighted by Crippen LogP contribution is 2.30. The van der Waals surface area contributed by atoms with Crippen molar-refractivity contribution in [2.75, 3.05) is 24.7 Å². The third kappa shape index (κ3) is 2.72. The van der Waals surface area contributed by atoms with E-state index < -0.39 is 0 Å². The van der Waals surface area contributed by atoms with Crippen LogP contribution in [0, 0.1) is 5.82 Å². The molecule has 1 aromatic carbocycles. The molecule has 0 amide bonds. The summed E-state index contributed by atoms with van der Waals surface area (Å²) in [5.41, 5.74) is 1.32. The first kappa shape index (κ1) is 15.4. The molecule has 0 saturated carbocycles. The number of morpholine rings is 1. The number of H-pyrrole nitrogens is 1. The Morgan fingerprint density at radius 2 is 2.21 bits per heavy atom. The maximum Gasteiger partial charge on any atom is 0.163 e. The predicted molar refractivity (Wildman–Crippen MR) is 91.9 cm³/mol. The summed E-state index contributed by atoms with van der Waals surface area (Å²) in [6.07, 6.45) is 1.77. The van der Waals surface area contributed by atoms with Gasteiger partial charge in [0.2, 0.25) is 0 Å². The number of nitrogens with zero attached hydrogens (tertiary/aromatic N) is 3. The van der Waals surface area contributed by atoms with Crippen LogP contribution in [0.25, 0.3) is 22.3 Å². The molecule has 0 radical (unpaired) electrons. The quantitative estimate of drug-likeness (QED) is 0.720. The number of halogens is 2. The van der Waals surface area contributed by atoms with Gasteiger partial charge in [0, 0.05) is 35.3 Å². The van der Waals surface area contributed by atoms with E-state index in [-0.39, 0.29) is 11.9 Å². The molecule has 1 fully saturated rings. The lowest BCUT2D eigenvalue weighted by atomic mass is 10.1. The van der Waals surface area contributed by atoms with Gasteiger partial charge >= 0.3 is 0 Å². The van der Waals surface area contributed by atoms with Crippen LogP contribution in [0.3, 0.4) is 0 Å². The minimum Gasteiger partial charge on any atom is -0.377 e. The van der Waals surface area contributed by atoms with Gasteiger partial charge in [0.05, 0.1) is 19.3 Å². The number of ether oxygens (including phenoxy) is 1. The molecule has 0 bridgehead atoms. The average molecular weight is 347 g/mol. The molecule has 2 aromatic heterocycles. The van der Waals surface area contributed by atoms with Gasteiger partial charge in [0.1, 0.15) is 16.8 Å². The lowest BCUT2D eigenvalue weighted by Gasteiger charge is -2.34. The molecular weight excluding hydrogens is 331 g/mol. The molecule has 3 heterocycles. The van der Waals surface area contributed by atoms with Crippen molar-refractivity contribution in [3.8, 4) is 11.4 Å². The van der Waals surface area contributed by atoms with Crippen LogP contribution in [0.15, 0.2) is 30.5 Å². The van der Waals surface area contributed by atoms with Gasteiger partial charge in [0.15, 0.2) is 5.82 Å². The zero-order valence-corrected chi connectivity index (χ0v) is 13.8. The van der Waals surface area contributed by atoms with Crippen molar-refractivity contribution >= 4 is 28.3 Å². The van der Waals surface area contributed by atoms with Gasteiger partial charge in [-0.2, -0.15) is 0 Å². The number of anilines is 1. The number of nitrogens with one attached hydrogen (secondary N) is 1. The molecular formula is C17H16ClFN4O. The van der Waals surface area contributed by atoms with Crippen LogP contribution in [-0.4, -0.2) is 40.8 Å². The van der Waals surface area contributed by atoms with Gasteiger partial charge in [-0.3, -0.25) is 0 Å². The second kappa shape index (κ2) is 6.03. The van der Waals surface area contributed by atoms with E-state index in [2.05, 4.69) is 26.8 Å². The Bertz CT molecular complexity index is 897. The minimum absolute atomic E-state index is 0.192. The average Bonchev–Trinajstić information content (AvgIpc) is 3.02. The van der Waals surface area contributed by atoms with E-state index >= 15 is 0 Å².